The first-order valence-electron chi connectivity index (χ1n) is 7.09. The van der Waals surface area contributed by atoms with Crippen molar-refractivity contribution in [3.8, 4) is 0 Å². The van der Waals surface area contributed by atoms with Gasteiger partial charge in [-0.3, -0.25) is 0 Å². The summed E-state index contributed by atoms with van der Waals surface area (Å²) in [6, 6.07) is 0. The molecule has 2 rings (SSSR count). The molecule has 0 saturated carbocycles. The lowest BCUT2D eigenvalue weighted by Gasteiger charge is -2.13. The molecular formula is C14H25N3O2S. The number of anilines is 1. The quantitative estimate of drug-likeness (QED) is 0.831. The van der Waals surface area contributed by atoms with E-state index < -0.39 is 0 Å². The van der Waals surface area contributed by atoms with E-state index in [2.05, 4.69) is 29.4 Å². The van der Waals surface area contributed by atoms with E-state index in [4.69, 9.17) is 14.5 Å². The van der Waals surface area contributed by atoms with Gasteiger partial charge in [-0.15, -0.1) is 11.3 Å². The molecule has 20 heavy (non-hydrogen) atoms. The molecule has 0 bridgehead atoms. The first-order chi connectivity index (χ1) is 9.63. The highest BCUT2D eigenvalue weighted by molar-refractivity contribution is 7.13. The normalized spacial score (nSPS) is 22.9. The molecule has 5 nitrogen and oxygen atoms in total. The Balaban J connectivity index is 1.89. The van der Waals surface area contributed by atoms with Crippen LogP contribution in [0.5, 0.6) is 0 Å². The molecule has 1 aliphatic heterocycles. The third-order valence-electron chi connectivity index (χ3n) is 3.49. The molecular weight excluding hydrogens is 274 g/mol. The maximum absolute atomic E-state index is 5.46. The smallest absolute Gasteiger partial charge is 0.185 e. The van der Waals surface area contributed by atoms with Gasteiger partial charge in [0.1, 0.15) is 12.2 Å². The molecule has 0 radical (unpaired) electrons. The molecule has 1 aromatic rings. The first-order valence-corrected chi connectivity index (χ1v) is 7.97. The molecule has 1 aromatic heterocycles. The zero-order chi connectivity index (χ0) is 14.5. The largest absolute Gasteiger partial charge is 0.377 e. The number of methoxy groups -OCH3 is 2. The number of nitrogens with one attached hydrogen (secondary N) is 1. The van der Waals surface area contributed by atoms with E-state index in [1.54, 1.807) is 25.6 Å². The monoisotopic (exact) mass is 299 g/mol. The van der Waals surface area contributed by atoms with Crippen LogP contribution in [0.2, 0.25) is 0 Å². The molecule has 0 spiro atoms. The van der Waals surface area contributed by atoms with Gasteiger partial charge in [-0.1, -0.05) is 13.8 Å². The molecule has 1 saturated heterocycles. The maximum atomic E-state index is 5.46. The second-order valence-corrected chi connectivity index (χ2v) is 6.44. The van der Waals surface area contributed by atoms with Gasteiger partial charge < -0.3 is 19.7 Å². The van der Waals surface area contributed by atoms with Gasteiger partial charge in [0.15, 0.2) is 5.13 Å². The van der Waals surface area contributed by atoms with Crippen molar-refractivity contribution in [1.82, 2.24) is 10.3 Å². The Bertz CT molecular complexity index is 399. The van der Waals surface area contributed by atoms with E-state index in [0.717, 1.165) is 37.0 Å². The second-order valence-electron chi connectivity index (χ2n) is 5.60. The van der Waals surface area contributed by atoms with Crippen molar-refractivity contribution in [3.05, 3.63) is 11.1 Å². The summed E-state index contributed by atoms with van der Waals surface area (Å²) < 4.78 is 10.9. The summed E-state index contributed by atoms with van der Waals surface area (Å²) in [6.07, 6.45) is 0.262. The van der Waals surface area contributed by atoms with Gasteiger partial charge in [0.25, 0.3) is 0 Å². The SMILES string of the molecule is COC1CN(c2nc(CNCC(C)C)cs2)CC1OC. The molecule has 0 aliphatic carbocycles. The second kappa shape index (κ2) is 7.36. The summed E-state index contributed by atoms with van der Waals surface area (Å²) in [4.78, 5) is 6.95. The molecule has 6 heteroatoms. The minimum atomic E-state index is 0.131. The molecule has 2 unspecified atom stereocenters. The number of ether oxygens (including phenoxy) is 2. The lowest BCUT2D eigenvalue weighted by molar-refractivity contribution is -0.00461. The zero-order valence-electron chi connectivity index (χ0n) is 12.8. The summed E-state index contributed by atoms with van der Waals surface area (Å²) >= 11 is 1.69. The third-order valence-corrected chi connectivity index (χ3v) is 4.44. The Morgan fingerprint density at radius 2 is 2.00 bits per heavy atom. The van der Waals surface area contributed by atoms with Crippen LogP contribution in [0.25, 0.3) is 0 Å². The molecule has 1 N–H and O–H groups in total. The molecule has 0 amide bonds. The van der Waals surface area contributed by atoms with Crippen LogP contribution in [0.15, 0.2) is 5.38 Å². The highest BCUT2D eigenvalue weighted by Crippen LogP contribution is 2.26. The number of hydrogen-bond donors (Lipinski definition) is 1. The first kappa shape index (κ1) is 15.7. The van der Waals surface area contributed by atoms with Crippen molar-refractivity contribution < 1.29 is 9.47 Å². The Hall–Kier alpha value is -0.690. The highest BCUT2D eigenvalue weighted by Gasteiger charge is 2.34. The van der Waals surface area contributed by atoms with Crippen LogP contribution in [0.4, 0.5) is 5.13 Å². The van der Waals surface area contributed by atoms with Crippen molar-refractivity contribution >= 4 is 16.5 Å². The minimum absolute atomic E-state index is 0.131. The van der Waals surface area contributed by atoms with E-state index in [1.807, 2.05) is 0 Å². The summed E-state index contributed by atoms with van der Waals surface area (Å²) in [7, 11) is 3.48. The van der Waals surface area contributed by atoms with Crippen molar-refractivity contribution in [1.29, 1.82) is 0 Å². The number of aromatic nitrogens is 1. The standard InChI is InChI=1S/C14H25N3O2S/c1-10(2)5-15-6-11-9-20-14(16-11)17-7-12(18-3)13(8-17)19-4/h9-10,12-13,15H,5-8H2,1-4H3. The number of rotatable bonds is 7. The molecule has 1 fully saturated rings. The zero-order valence-corrected chi connectivity index (χ0v) is 13.6. The van der Waals surface area contributed by atoms with Gasteiger partial charge in [-0.25, -0.2) is 4.98 Å². The number of nitrogens with zero attached hydrogens (tertiary/aromatic N) is 2. The number of thiazole rings is 1. The molecule has 2 atom stereocenters. The van der Waals surface area contributed by atoms with Crippen LogP contribution in [0.1, 0.15) is 19.5 Å². The van der Waals surface area contributed by atoms with Crippen LogP contribution < -0.4 is 10.2 Å². The Labute approximate surface area is 125 Å². The van der Waals surface area contributed by atoms with Gasteiger partial charge in [-0.2, -0.15) is 0 Å². The van der Waals surface area contributed by atoms with E-state index in [1.165, 1.54) is 0 Å². The topological polar surface area (TPSA) is 46.6 Å². The summed E-state index contributed by atoms with van der Waals surface area (Å²) in [6.45, 7) is 7.97. The van der Waals surface area contributed by atoms with Gasteiger partial charge in [-0.05, 0) is 12.5 Å². The minimum Gasteiger partial charge on any atom is -0.377 e. The lowest BCUT2D eigenvalue weighted by Crippen LogP contribution is -2.27. The van der Waals surface area contributed by atoms with Gasteiger partial charge in [0, 0.05) is 39.2 Å². The van der Waals surface area contributed by atoms with Crippen LogP contribution in [-0.4, -0.2) is 51.0 Å². The Morgan fingerprint density at radius 3 is 2.55 bits per heavy atom. The van der Waals surface area contributed by atoms with E-state index >= 15 is 0 Å². The molecule has 2 heterocycles. The van der Waals surface area contributed by atoms with Gasteiger partial charge in [0.05, 0.1) is 5.69 Å². The van der Waals surface area contributed by atoms with Gasteiger partial charge in [0.2, 0.25) is 0 Å². The van der Waals surface area contributed by atoms with Gasteiger partial charge >= 0.3 is 0 Å². The van der Waals surface area contributed by atoms with Crippen LogP contribution in [-0.2, 0) is 16.0 Å². The fraction of sp³-hybridized carbons (Fsp3) is 0.786. The summed E-state index contributed by atoms with van der Waals surface area (Å²) in [5.41, 5.74) is 1.11. The Morgan fingerprint density at radius 1 is 1.35 bits per heavy atom. The average Bonchev–Trinajstić information content (AvgIpc) is 3.03. The van der Waals surface area contributed by atoms with Crippen LogP contribution in [0.3, 0.4) is 0 Å². The highest BCUT2D eigenvalue weighted by atomic mass is 32.1. The van der Waals surface area contributed by atoms with E-state index in [9.17, 15) is 0 Å². The number of hydrogen-bond acceptors (Lipinski definition) is 6. The van der Waals surface area contributed by atoms with Crippen molar-refractivity contribution in [2.45, 2.75) is 32.6 Å². The van der Waals surface area contributed by atoms with E-state index in [0.29, 0.717) is 5.92 Å². The predicted molar refractivity (Wildman–Crippen MR) is 82.5 cm³/mol. The van der Waals surface area contributed by atoms with E-state index in [-0.39, 0.29) is 12.2 Å². The van der Waals surface area contributed by atoms with Crippen molar-refractivity contribution in [2.75, 3.05) is 38.8 Å². The fourth-order valence-corrected chi connectivity index (χ4v) is 3.21. The summed E-state index contributed by atoms with van der Waals surface area (Å²) in [5.74, 6) is 0.664. The lowest BCUT2D eigenvalue weighted by atomic mass is 10.2. The maximum Gasteiger partial charge on any atom is 0.185 e. The average molecular weight is 299 g/mol. The predicted octanol–water partition coefficient (Wildman–Crippen LogP) is 1.74. The summed E-state index contributed by atoms with van der Waals surface area (Å²) in [5, 5.41) is 6.61. The van der Waals surface area contributed by atoms with Crippen LogP contribution in [0, 0.1) is 5.92 Å². The Kier molecular flexibility index (Phi) is 5.77. The molecule has 114 valence electrons. The molecule has 0 aromatic carbocycles. The van der Waals surface area contributed by atoms with Crippen LogP contribution >= 0.6 is 11.3 Å². The fourth-order valence-electron chi connectivity index (χ4n) is 2.36. The molecule has 1 aliphatic rings. The third kappa shape index (κ3) is 3.91. The van der Waals surface area contributed by atoms with Crippen molar-refractivity contribution in [2.24, 2.45) is 5.92 Å². The van der Waals surface area contributed by atoms with Crippen molar-refractivity contribution in [3.63, 3.8) is 0 Å².